The van der Waals surface area contributed by atoms with Gasteiger partial charge >= 0.3 is 0 Å². The molecular formula is C25H15ClN4O3S. The fraction of sp³-hybridized carbons (Fsp3) is 0.0400. The van der Waals surface area contributed by atoms with Gasteiger partial charge in [0.1, 0.15) is 10.8 Å². The average Bonchev–Trinajstić information content (AvgIpc) is 2.84. The molecule has 0 spiro atoms. The minimum absolute atomic E-state index is 0.135. The number of hydrogen-bond donors (Lipinski definition) is 1. The lowest BCUT2D eigenvalue weighted by atomic mass is 9.83. The maximum absolute atomic E-state index is 13.9. The highest BCUT2D eigenvalue weighted by Crippen LogP contribution is 2.48. The number of anilines is 2. The molecule has 3 aromatic carbocycles. The summed E-state index contributed by atoms with van der Waals surface area (Å²) in [6.45, 7) is 0. The van der Waals surface area contributed by atoms with Crippen LogP contribution >= 0.6 is 22.9 Å². The predicted octanol–water partition coefficient (Wildman–Crippen LogP) is 5.80. The van der Waals surface area contributed by atoms with E-state index in [1.807, 2.05) is 30.3 Å². The third kappa shape index (κ3) is 3.39. The Labute approximate surface area is 202 Å². The van der Waals surface area contributed by atoms with Crippen molar-refractivity contribution in [1.82, 2.24) is 0 Å². The van der Waals surface area contributed by atoms with E-state index in [9.17, 15) is 20.2 Å². The number of halogens is 1. The van der Waals surface area contributed by atoms with Crippen LogP contribution in [0.1, 0.15) is 17.0 Å². The van der Waals surface area contributed by atoms with Gasteiger partial charge < -0.3 is 5.73 Å². The van der Waals surface area contributed by atoms with Crippen molar-refractivity contribution >= 4 is 49.4 Å². The lowest BCUT2D eigenvalue weighted by molar-refractivity contribution is -0.384. The fourth-order valence-electron chi connectivity index (χ4n) is 4.22. The van der Waals surface area contributed by atoms with Crippen LogP contribution in [0.2, 0.25) is 5.02 Å². The Morgan fingerprint density at radius 3 is 2.56 bits per heavy atom. The second kappa shape index (κ2) is 8.30. The molecule has 0 bridgehead atoms. The smallest absolute Gasteiger partial charge is 0.269 e. The van der Waals surface area contributed by atoms with Crippen molar-refractivity contribution in [2.24, 2.45) is 5.73 Å². The third-order valence-corrected chi connectivity index (χ3v) is 7.11. The molecule has 1 aliphatic rings. The number of benzene rings is 3. The molecule has 166 valence electrons. The number of rotatable bonds is 3. The molecule has 9 heteroatoms. The summed E-state index contributed by atoms with van der Waals surface area (Å²) in [6.07, 6.45) is 0. The van der Waals surface area contributed by atoms with Gasteiger partial charge in [0.15, 0.2) is 5.43 Å². The maximum atomic E-state index is 13.9. The molecule has 0 saturated carbocycles. The van der Waals surface area contributed by atoms with Crippen molar-refractivity contribution in [1.29, 1.82) is 5.26 Å². The molecule has 2 heterocycles. The van der Waals surface area contributed by atoms with Crippen molar-refractivity contribution in [3.05, 3.63) is 121 Å². The normalized spacial score (nSPS) is 15.2. The second-order valence-electron chi connectivity index (χ2n) is 7.66. The van der Waals surface area contributed by atoms with Crippen LogP contribution in [0.4, 0.5) is 16.4 Å². The lowest BCUT2D eigenvalue weighted by Gasteiger charge is -2.35. The molecule has 1 unspecified atom stereocenters. The number of allylic oxidation sites excluding steroid dienone is 1. The van der Waals surface area contributed by atoms with Gasteiger partial charge in [-0.1, -0.05) is 41.9 Å². The van der Waals surface area contributed by atoms with E-state index in [1.165, 1.54) is 29.5 Å². The van der Waals surface area contributed by atoms with Crippen LogP contribution in [0.5, 0.6) is 0 Å². The fourth-order valence-corrected chi connectivity index (χ4v) is 5.74. The zero-order valence-electron chi connectivity index (χ0n) is 17.4. The van der Waals surface area contributed by atoms with E-state index >= 15 is 0 Å². The number of nitro benzene ring substituents is 1. The number of nitro groups is 1. The Bertz CT molecular complexity index is 1610. The third-order valence-electron chi connectivity index (χ3n) is 5.72. The number of hydrogen-bond acceptors (Lipinski definition) is 7. The van der Waals surface area contributed by atoms with Crippen LogP contribution in [-0.2, 0) is 0 Å². The van der Waals surface area contributed by atoms with E-state index in [0.717, 1.165) is 0 Å². The molecule has 0 fully saturated rings. The van der Waals surface area contributed by atoms with E-state index in [-0.39, 0.29) is 22.5 Å². The summed E-state index contributed by atoms with van der Waals surface area (Å²) >= 11 is 7.53. The molecule has 0 amide bonds. The van der Waals surface area contributed by atoms with Crippen molar-refractivity contribution < 1.29 is 4.92 Å². The average molecular weight is 487 g/mol. The standard InChI is InChI=1S/C25H15ClN4O3S/c26-15-9-10-18-20(12-15)34-25-22(23(18)31)21(14-5-4-8-17(11-14)30(32)33)19(13-27)24(28)29(25)16-6-2-1-3-7-16/h1-12,21H,28H2. The summed E-state index contributed by atoms with van der Waals surface area (Å²) in [6, 6.07) is 22.3. The summed E-state index contributed by atoms with van der Waals surface area (Å²) in [4.78, 5) is 26.5. The van der Waals surface area contributed by atoms with Gasteiger partial charge in [-0.2, -0.15) is 5.26 Å². The first-order chi connectivity index (χ1) is 16.4. The minimum Gasteiger partial charge on any atom is -0.384 e. The molecule has 1 aromatic heterocycles. The van der Waals surface area contributed by atoms with Gasteiger partial charge in [0.05, 0.1) is 22.5 Å². The van der Waals surface area contributed by atoms with Crippen LogP contribution in [0, 0.1) is 21.4 Å². The number of non-ortho nitro benzene ring substituents is 1. The second-order valence-corrected chi connectivity index (χ2v) is 9.12. The SMILES string of the molecule is N#CC1=C(N)N(c2ccccc2)c2sc3cc(Cl)ccc3c(=O)c2C1c1cccc([N+](=O)[O-])c1. The van der Waals surface area contributed by atoms with Gasteiger partial charge in [0.25, 0.3) is 5.69 Å². The summed E-state index contributed by atoms with van der Waals surface area (Å²) in [5, 5.41) is 23.1. The van der Waals surface area contributed by atoms with Crippen molar-refractivity contribution in [3.8, 4) is 6.07 Å². The zero-order valence-corrected chi connectivity index (χ0v) is 19.0. The molecule has 5 rings (SSSR count). The first-order valence-electron chi connectivity index (χ1n) is 10.2. The highest BCUT2D eigenvalue weighted by Gasteiger charge is 2.37. The van der Waals surface area contributed by atoms with E-state index in [2.05, 4.69) is 6.07 Å². The van der Waals surface area contributed by atoms with E-state index in [0.29, 0.717) is 36.9 Å². The van der Waals surface area contributed by atoms with Crippen LogP contribution in [0.15, 0.2) is 89.0 Å². The molecule has 7 nitrogen and oxygen atoms in total. The molecule has 0 saturated heterocycles. The van der Waals surface area contributed by atoms with Crippen molar-refractivity contribution in [2.45, 2.75) is 5.92 Å². The van der Waals surface area contributed by atoms with Crippen molar-refractivity contribution in [3.63, 3.8) is 0 Å². The highest BCUT2D eigenvalue weighted by atomic mass is 35.5. The minimum atomic E-state index is -0.858. The van der Waals surface area contributed by atoms with Crippen LogP contribution in [0.25, 0.3) is 10.1 Å². The Morgan fingerprint density at radius 1 is 1.09 bits per heavy atom. The molecule has 1 aliphatic heterocycles. The number of fused-ring (bicyclic) bond motifs is 2. The van der Waals surface area contributed by atoms with Gasteiger partial charge in [-0.3, -0.25) is 19.8 Å². The molecule has 4 aromatic rings. The molecule has 2 N–H and O–H groups in total. The Hall–Kier alpha value is -4.19. The first kappa shape index (κ1) is 21.6. The topological polar surface area (TPSA) is 113 Å². The van der Waals surface area contributed by atoms with Gasteiger partial charge in [-0.05, 0) is 35.9 Å². The Balaban J connectivity index is 1.90. The van der Waals surface area contributed by atoms with Crippen molar-refractivity contribution in [2.75, 3.05) is 4.90 Å². The zero-order chi connectivity index (χ0) is 24.0. The van der Waals surface area contributed by atoms with Gasteiger partial charge in [0.2, 0.25) is 0 Å². The number of nitriles is 1. The Kier molecular flexibility index (Phi) is 5.28. The highest BCUT2D eigenvalue weighted by molar-refractivity contribution is 7.22. The number of para-hydroxylation sites is 1. The predicted molar refractivity (Wildman–Crippen MR) is 133 cm³/mol. The number of nitrogens with zero attached hydrogens (tertiary/aromatic N) is 3. The van der Waals surface area contributed by atoms with Gasteiger partial charge in [0, 0.05) is 38.5 Å². The molecular weight excluding hydrogens is 472 g/mol. The van der Waals surface area contributed by atoms with E-state index < -0.39 is 10.8 Å². The maximum Gasteiger partial charge on any atom is 0.269 e. The molecule has 34 heavy (non-hydrogen) atoms. The lowest BCUT2D eigenvalue weighted by Crippen LogP contribution is -2.34. The van der Waals surface area contributed by atoms with Gasteiger partial charge in [-0.25, -0.2) is 0 Å². The molecule has 1 atom stereocenters. The molecule has 0 aliphatic carbocycles. The summed E-state index contributed by atoms with van der Waals surface area (Å²) in [7, 11) is 0. The Morgan fingerprint density at radius 2 is 1.85 bits per heavy atom. The number of nitrogens with two attached hydrogens (primary N) is 1. The van der Waals surface area contributed by atoms with E-state index in [4.69, 9.17) is 17.3 Å². The molecule has 0 radical (unpaired) electrons. The summed E-state index contributed by atoms with van der Waals surface area (Å²) in [5.41, 5.74) is 7.76. The van der Waals surface area contributed by atoms with Crippen LogP contribution in [-0.4, -0.2) is 4.92 Å². The monoisotopic (exact) mass is 486 g/mol. The summed E-state index contributed by atoms with van der Waals surface area (Å²) in [5.74, 6) is -0.696. The largest absolute Gasteiger partial charge is 0.384 e. The first-order valence-corrected chi connectivity index (χ1v) is 11.4. The summed E-state index contributed by atoms with van der Waals surface area (Å²) < 4.78 is 0.670. The van der Waals surface area contributed by atoms with Crippen LogP contribution < -0.4 is 16.1 Å². The van der Waals surface area contributed by atoms with E-state index in [1.54, 1.807) is 29.2 Å². The van der Waals surface area contributed by atoms with Crippen LogP contribution in [0.3, 0.4) is 0 Å². The van der Waals surface area contributed by atoms with Gasteiger partial charge in [-0.15, -0.1) is 11.3 Å². The quantitative estimate of drug-likeness (QED) is 0.289.